The zero-order valence-electron chi connectivity index (χ0n) is 17.4. The standard InChI is InChI=1S/C24H31N3O2/c1-18(2)16-19-8-10-20(11-9-19)17-23(28)25-22-12-14-27(15-13-22)24(29)26-21-6-4-3-5-7-21/h3-11,18,22H,12-17H2,1-2H3,(H,25,28)(H,26,29). The Hall–Kier alpha value is -2.82. The van der Waals surface area contributed by atoms with Crippen LogP contribution in [-0.4, -0.2) is 36.0 Å². The SMILES string of the molecule is CC(C)Cc1ccc(CC(=O)NC2CCN(C(=O)Nc3ccccc3)CC2)cc1. The predicted octanol–water partition coefficient (Wildman–Crippen LogP) is 4.24. The van der Waals surface area contributed by atoms with Crippen LogP contribution in [0.2, 0.25) is 0 Å². The number of amides is 3. The number of anilines is 1. The first-order chi connectivity index (χ1) is 14.0. The van der Waals surface area contributed by atoms with Gasteiger partial charge in [0.2, 0.25) is 5.91 Å². The van der Waals surface area contributed by atoms with Gasteiger partial charge in [-0.2, -0.15) is 0 Å². The van der Waals surface area contributed by atoms with Crippen molar-refractivity contribution >= 4 is 17.6 Å². The lowest BCUT2D eigenvalue weighted by molar-refractivity contribution is -0.121. The number of hydrogen-bond acceptors (Lipinski definition) is 2. The highest BCUT2D eigenvalue weighted by Gasteiger charge is 2.23. The monoisotopic (exact) mass is 393 g/mol. The van der Waals surface area contributed by atoms with E-state index in [-0.39, 0.29) is 18.0 Å². The number of nitrogens with one attached hydrogen (secondary N) is 2. The summed E-state index contributed by atoms with van der Waals surface area (Å²) < 4.78 is 0. The lowest BCUT2D eigenvalue weighted by atomic mass is 10.0. The molecular formula is C24H31N3O2. The lowest BCUT2D eigenvalue weighted by Crippen LogP contribution is -2.48. The van der Waals surface area contributed by atoms with E-state index >= 15 is 0 Å². The summed E-state index contributed by atoms with van der Waals surface area (Å²) in [5, 5.41) is 6.04. The van der Waals surface area contributed by atoms with E-state index < -0.39 is 0 Å². The Balaban J connectivity index is 1.40. The molecule has 3 amide bonds. The summed E-state index contributed by atoms with van der Waals surface area (Å²) in [5.41, 5.74) is 3.15. The van der Waals surface area contributed by atoms with Crippen LogP contribution in [-0.2, 0) is 17.6 Å². The predicted molar refractivity (Wildman–Crippen MR) is 117 cm³/mol. The van der Waals surface area contributed by atoms with Gasteiger partial charge in [0.25, 0.3) is 0 Å². The van der Waals surface area contributed by atoms with Crippen molar-refractivity contribution in [1.82, 2.24) is 10.2 Å². The molecular weight excluding hydrogens is 362 g/mol. The van der Waals surface area contributed by atoms with E-state index in [1.54, 1.807) is 0 Å². The van der Waals surface area contributed by atoms with Gasteiger partial charge in [0.1, 0.15) is 0 Å². The number of likely N-dealkylation sites (tertiary alicyclic amines) is 1. The fourth-order valence-electron chi connectivity index (χ4n) is 3.68. The third-order valence-corrected chi connectivity index (χ3v) is 5.20. The third-order valence-electron chi connectivity index (χ3n) is 5.20. The Kier molecular flexibility index (Phi) is 7.28. The van der Waals surface area contributed by atoms with Crippen LogP contribution in [0.3, 0.4) is 0 Å². The summed E-state index contributed by atoms with van der Waals surface area (Å²) in [6.45, 7) is 5.71. The summed E-state index contributed by atoms with van der Waals surface area (Å²) in [4.78, 5) is 26.6. The third kappa shape index (κ3) is 6.63. The van der Waals surface area contributed by atoms with E-state index in [0.29, 0.717) is 25.4 Å². The maximum atomic E-state index is 12.4. The van der Waals surface area contributed by atoms with Gasteiger partial charge in [-0.1, -0.05) is 56.3 Å². The van der Waals surface area contributed by atoms with Crippen molar-refractivity contribution in [2.24, 2.45) is 5.92 Å². The highest BCUT2D eigenvalue weighted by Crippen LogP contribution is 2.14. The van der Waals surface area contributed by atoms with Crippen molar-refractivity contribution in [1.29, 1.82) is 0 Å². The van der Waals surface area contributed by atoms with Crippen LogP contribution in [0.1, 0.15) is 37.8 Å². The Morgan fingerprint density at radius 1 is 0.966 bits per heavy atom. The lowest BCUT2D eigenvalue weighted by Gasteiger charge is -2.32. The number of benzene rings is 2. The molecule has 2 N–H and O–H groups in total. The van der Waals surface area contributed by atoms with Gasteiger partial charge in [-0.05, 0) is 48.4 Å². The van der Waals surface area contributed by atoms with Gasteiger partial charge in [0.15, 0.2) is 0 Å². The first kappa shape index (κ1) is 20.9. The Morgan fingerprint density at radius 3 is 2.21 bits per heavy atom. The molecule has 2 aromatic carbocycles. The molecule has 3 rings (SSSR count). The number of rotatable bonds is 6. The van der Waals surface area contributed by atoms with Crippen LogP contribution in [0.4, 0.5) is 10.5 Å². The van der Waals surface area contributed by atoms with Crippen molar-refractivity contribution in [3.05, 3.63) is 65.7 Å². The topological polar surface area (TPSA) is 61.4 Å². The van der Waals surface area contributed by atoms with Gasteiger partial charge in [0, 0.05) is 24.8 Å². The summed E-state index contributed by atoms with van der Waals surface area (Å²) in [7, 11) is 0. The highest BCUT2D eigenvalue weighted by molar-refractivity contribution is 5.89. The summed E-state index contributed by atoms with van der Waals surface area (Å²) in [6, 6.07) is 17.8. The van der Waals surface area contributed by atoms with Gasteiger partial charge in [-0.25, -0.2) is 4.79 Å². The fourth-order valence-corrected chi connectivity index (χ4v) is 3.68. The average molecular weight is 394 g/mol. The Morgan fingerprint density at radius 2 is 1.59 bits per heavy atom. The fraction of sp³-hybridized carbons (Fsp3) is 0.417. The van der Waals surface area contributed by atoms with Crippen LogP contribution in [0.25, 0.3) is 0 Å². The van der Waals surface area contributed by atoms with E-state index in [4.69, 9.17) is 0 Å². The highest BCUT2D eigenvalue weighted by atomic mass is 16.2. The average Bonchev–Trinajstić information content (AvgIpc) is 2.70. The summed E-state index contributed by atoms with van der Waals surface area (Å²) >= 11 is 0. The van der Waals surface area contributed by atoms with Gasteiger partial charge in [0.05, 0.1) is 6.42 Å². The number of para-hydroxylation sites is 1. The minimum absolute atomic E-state index is 0.0498. The quantitative estimate of drug-likeness (QED) is 0.771. The summed E-state index contributed by atoms with van der Waals surface area (Å²) in [5.74, 6) is 0.679. The molecule has 5 nitrogen and oxygen atoms in total. The van der Waals surface area contributed by atoms with E-state index in [0.717, 1.165) is 30.5 Å². The number of carbonyl (C=O) groups is 2. The van der Waals surface area contributed by atoms with Crippen molar-refractivity contribution < 1.29 is 9.59 Å². The second-order valence-corrected chi connectivity index (χ2v) is 8.22. The molecule has 0 saturated carbocycles. The van der Waals surface area contributed by atoms with E-state index in [1.165, 1.54) is 5.56 Å². The second kappa shape index (κ2) is 10.1. The molecule has 1 fully saturated rings. The molecule has 29 heavy (non-hydrogen) atoms. The molecule has 1 saturated heterocycles. The molecule has 1 heterocycles. The van der Waals surface area contributed by atoms with Crippen LogP contribution < -0.4 is 10.6 Å². The molecule has 0 atom stereocenters. The maximum Gasteiger partial charge on any atom is 0.321 e. The number of nitrogens with zero attached hydrogens (tertiary/aromatic N) is 1. The molecule has 0 aliphatic carbocycles. The first-order valence-electron chi connectivity index (χ1n) is 10.5. The molecule has 1 aliphatic rings. The van der Waals surface area contributed by atoms with Crippen molar-refractivity contribution in [3.63, 3.8) is 0 Å². The minimum atomic E-state index is -0.0811. The number of carbonyl (C=O) groups excluding carboxylic acids is 2. The van der Waals surface area contributed by atoms with Crippen LogP contribution >= 0.6 is 0 Å². The molecule has 0 radical (unpaired) electrons. The van der Waals surface area contributed by atoms with Crippen LogP contribution in [0, 0.1) is 5.92 Å². The zero-order chi connectivity index (χ0) is 20.6. The van der Waals surface area contributed by atoms with E-state index in [1.807, 2.05) is 47.4 Å². The molecule has 0 spiro atoms. The molecule has 0 aromatic heterocycles. The van der Waals surface area contributed by atoms with Crippen molar-refractivity contribution in [3.8, 4) is 0 Å². The zero-order valence-corrected chi connectivity index (χ0v) is 17.4. The first-order valence-corrected chi connectivity index (χ1v) is 10.5. The van der Waals surface area contributed by atoms with E-state index in [2.05, 4.69) is 36.6 Å². The van der Waals surface area contributed by atoms with Crippen LogP contribution in [0.5, 0.6) is 0 Å². The number of hydrogen-bond donors (Lipinski definition) is 2. The molecule has 0 unspecified atom stereocenters. The molecule has 2 aromatic rings. The van der Waals surface area contributed by atoms with E-state index in [9.17, 15) is 9.59 Å². The molecule has 0 bridgehead atoms. The normalized spacial score (nSPS) is 14.7. The second-order valence-electron chi connectivity index (χ2n) is 8.22. The number of piperidine rings is 1. The van der Waals surface area contributed by atoms with Gasteiger partial charge < -0.3 is 15.5 Å². The minimum Gasteiger partial charge on any atom is -0.353 e. The van der Waals surface area contributed by atoms with Crippen molar-refractivity contribution in [2.45, 2.75) is 45.6 Å². The van der Waals surface area contributed by atoms with Crippen LogP contribution in [0.15, 0.2) is 54.6 Å². The molecule has 5 heteroatoms. The van der Waals surface area contributed by atoms with Gasteiger partial charge in [-0.3, -0.25) is 4.79 Å². The van der Waals surface area contributed by atoms with Gasteiger partial charge >= 0.3 is 6.03 Å². The Labute approximate surface area is 173 Å². The number of urea groups is 1. The Bertz CT molecular complexity index is 795. The maximum absolute atomic E-state index is 12.4. The molecule has 154 valence electrons. The summed E-state index contributed by atoms with van der Waals surface area (Å²) in [6.07, 6.45) is 3.02. The van der Waals surface area contributed by atoms with Crippen molar-refractivity contribution in [2.75, 3.05) is 18.4 Å². The van der Waals surface area contributed by atoms with Gasteiger partial charge in [-0.15, -0.1) is 0 Å². The smallest absolute Gasteiger partial charge is 0.321 e. The largest absolute Gasteiger partial charge is 0.353 e. The molecule has 1 aliphatic heterocycles.